The number of hydrogen-bond acceptors (Lipinski definition) is 3. The van der Waals surface area contributed by atoms with Gasteiger partial charge >= 0.3 is 0 Å². The van der Waals surface area contributed by atoms with Crippen molar-refractivity contribution in [3.8, 4) is 0 Å². The van der Waals surface area contributed by atoms with Crippen molar-refractivity contribution in [3.05, 3.63) is 29.8 Å². The molecule has 3 nitrogen and oxygen atoms in total. The fourth-order valence-corrected chi connectivity index (χ4v) is 1.42. The van der Waals surface area contributed by atoms with E-state index in [1.54, 1.807) is 6.07 Å². The zero-order chi connectivity index (χ0) is 12.0. The minimum absolute atomic E-state index is 0.0738. The van der Waals surface area contributed by atoms with Gasteiger partial charge in [0.2, 0.25) is 0 Å². The molecule has 16 heavy (non-hydrogen) atoms. The van der Waals surface area contributed by atoms with Gasteiger partial charge in [0.25, 0.3) is 0 Å². The molecule has 0 aliphatic heterocycles. The van der Waals surface area contributed by atoms with Crippen LogP contribution in [0, 0.1) is 5.82 Å². The number of rotatable bonds is 6. The van der Waals surface area contributed by atoms with E-state index in [9.17, 15) is 9.50 Å². The number of nitrogens with zero attached hydrogens (tertiary/aromatic N) is 1. The van der Waals surface area contributed by atoms with Gasteiger partial charge in [-0.2, -0.15) is 0 Å². The fraction of sp³-hybridized carbons (Fsp3) is 0.583. The van der Waals surface area contributed by atoms with Gasteiger partial charge in [0.15, 0.2) is 0 Å². The van der Waals surface area contributed by atoms with Crippen molar-refractivity contribution in [1.82, 2.24) is 10.3 Å². The van der Waals surface area contributed by atoms with Crippen molar-refractivity contribution < 1.29 is 9.50 Å². The maximum atomic E-state index is 12.6. The summed E-state index contributed by atoms with van der Waals surface area (Å²) in [4.78, 5) is 4.00. The summed E-state index contributed by atoms with van der Waals surface area (Å²) in [6, 6.07) is 3.15. The highest BCUT2D eigenvalue weighted by atomic mass is 19.1. The van der Waals surface area contributed by atoms with E-state index in [4.69, 9.17) is 0 Å². The first-order valence-corrected chi connectivity index (χ1v) is 5.66. The summed E-state index contributed by atoms with van der Waals surface area (Å²) in [5.41, 5.74) is 0.812. The third-order valence-corrected chi connectivity index (χ3v) is 2.59. The number of aliphatic hydroxyl groups excluding tert-OH is 1. The van der Waals surface area contributed by atoms with Gasteiger partial charge < -0.3 is 10.4 Å². The summed E-state index contributed by atoms with van der Waals surface area (Å²) in [6.45, 7) is 4.66. The van der Waals surface area contributed by atoms with Crippen LogP contribution in [0.25, 0.3) is 0 Å². The molecule has 0 aliphatic carbocycles. The van der Waals surface area contributed by atoms with E-state index < -0.39 is 0 Å². The van der Waals surface area contributed by atoms with Crippen LogP contribution in [0.1, 0.15) is 38.4 Å². The molecule has 1 aromatic heterocycles. The molecule has 0 amide bonds. The zero-order valence-corrected chi connectivity index (χ0v) is 9.78. The molecule has 0 radical (unpaired) electrons. The average molecular weight is 226 g/mol. The van der Waals surface area contributed by atoms with Gasteiger partial charge in [-0.05, 0) is 38.4 Å². The molecule has 90 valence electrons. The normalized spacial score (nSPS) is 14.8. The van der Waals surface area contributed by atoms with E-state index in [1.165, 1.54) is 12.3 Å². The van der Waals surface area contributed by atoms with Crippen molar-refractivity contribution in [2.45, 2.75) is 38.8 Å². The summed E-state index contributed by atoms with van der Waals surface area (Å²) in [5.74, 6) is -0.322. The largest absolute Gasteiger partial charge is 0.393 e. The second-order valence-electron chi connectivity index (χ2n) is 3.93. The van der Waals surface area contributed by atoms with Gasteiger partial charge in [0.05, 0.1) is 18.0 Å². The van der Waals surface area contributed by atoms with Crippen LogP contribution in [0.2, 0.25) is 0 Å². The predicted octanol–water partition coefficient (Wildman–Crippen LogP) is 2.03. The van der Waals surface area contributed by atoms with Crippen LogP contribution < -0.4 is 5.32 Å². The highest BCUT2D eigenvalue weighted by Gasteiger charge is 2.07. The fourth-order valence-electron chi connectivity index (χ4n) is 1.42. The Bertz CT molecular complexity index is 302. The Kier molecular flexibility index (Phi) is 5.35. The number of nitrogens with one attached hydrogen (secondary N) is 1. The average Bonchev–Trinajstić information content (AvgIpc) is 2.29. The lowest BCUT2D eigenvalue weighted by Crippen LogP contribution is -2.23. The Labute approximate surface area is 95.7 Å². The van der Waals surface area contributed by atoms with Crippen molar-refractivity contribution in [1.29, 1.82) is 0 Å². The molecule has 0 spiro atoms. The monoisotopic (exact) mass is 226 g/mol. The van der Waals surface area contributed by atoms with Crippen molar-refractivity contribution in [2.24, 2.45) is 0 Å². The molecule has 0 bridgehead atoms. The topological polar surface area (TPSA) is 45.1 Å². The van der Waals surface area contributed by atoms with Gasteiger partial charge in [-0.3, -0.25) is 4.98 Å². The highest BCUT2D eigenvalue weighted by molar-refractivity contribution is 5.08. The molecular weight excluding hydrogens is 207 g/mol. The molecule has 0 aliphatic rings. The Balaban J connectivity index is 2.35. The standard InChI is InChI=1S/C12H19FN2O/c1-3-11(16)6-7-14-9(2)12-5-4-10(13)8-15-12/h4-5,8-9,11,14,16H,3,6-7H2,1-2H3. The molecule has 1 rings (SSSR count). The number of aliphatic hydroxyl groups is 1. The molecule has 2 N–H and O–H groups in total. The maximum Gasteiger partial charge on any atom is 0.141 e. The second-order valence-corrected chi connectivity index (χ2v) is 3.93. The maximum absolute atomic E-state index is 12.6. The molecule has 0 aromatic carbocycles. The Morgan fingerprint density at radius 2 is 2.25 bits per heavy atom. The summed E-state index contributed by atoms with van der Waals surface area (Å²) in [7, 11) is 0. The van der Waals surface area contributed by atoms with Crippen molar-refractivity contribution >= 4 is 0 Å². The Hall–Kier alpha value is -1.00. The summed E-state index contributed by atoms with van der Waals surface area (Å²) in [6.07, 6.45) is 2.46. The molecule has 4 heteroatoms. The third-order valence-electron chi connectivity index (χ3n) is 2.59. The van der Waals surface area contributed by atoms with E-state index in [1.807, 2.05) is 13.8 Å². The minimum Gasteiger partial charge on any atom is -0.393 e. The smallest absolute Gasteiger partial charge is 0.141 e. The van der Waals surface area contributed by atoms with E-state index in [0.717, 1.165) is 25.1 Å². The number of halogens is 1. The van der Waals surface area contributed by atoms with Crippen LogP contribution in [0.5, 0.6) is 0 Å². The summed E-state index contributed by atoms with van der Waals surface area (Å²) in [5, 5.41) is 12.6. The number of pyridine rings is 1. The van der Waals surface area contributed by atoms with Crippen LogP contribution >= 0.6 is 0 Å². The highest BCUT2D eigenvalue weighted by Crippen LogP contribution is 2.09. The number of hydrogen-bond donors (Lipinski definition) is 2. The SMILES string of the molecule is CCC(O)CCNC(C)c1ccc(F)cn1. The molecule has 0 fully saturated rings. The Morgan fingerprint density at radius 1 is 1.50 bits per heavy atom. The quantitative estimate of drug-likeness (QED) is 0.780. The predicted molar refractivity (Wildman–Crippen MR) is 61.5 cm³/mol. The first-order chi connectivity index (χ1) is 7.63. The lowest BCUT2D eigenvalue weighted by Gasteiger charge is -2.14. The molecule has 2 unspecified atom stereocenters. The molecule has 0 saturated carbocycles. The zero-order valence-electron chi connectivity index (χ0n) is 9.78. The lowest BCUT2D eigenvalue weighted by atomic mass is 10.1. The van der Waals surface area contributed by atoms with Gasteiger partial charge in [0.1, 0.15) is 5.82 Å². The van der Waals surface area contributed by atoms with Crippen LogP contribution in [0.3, 0.4) is 0 Å². The molecule has 0 saturated heterocycles. The van der Waals surface area contributed by atoms with E-state index in [2.05, 4.69) is 10.3 Å². The molecule has 1 heterocycles. The third kappa shape index (κ3) is 4.24. The second kappa shape index (κ2) is 6.55. The van der Waals surface area contributed by atoms with Gasteiger partial charge in [-0.15, -0.1) is 0 Å². The van der Waals surface area contributed by atoms with Crippen LogP contribution in [-0.4, -0.2) is 22.7 Å². The van der Waals surface area contributed by atoms with E-state index in [0.29, 0.717) is 0 Å². The Morgan fingerprint density at radius 3 is 2.81 bits per heavy atom. The van der Waals surface area contributed by atoms with Crippen molar-refractivity contribution in [2.75, 3.05) is 6.54 Å². The molecule has 2 atom stereocenters. The first kappa shape index (κ1) is 13.1. The van der Waals surface area contributed by atoms with E-state index in [-0.39, 0.29) is 18.0 Å². The van der Waals surface area contributed by atoms with Crippen LogP contribution in [0.15, 0.2) is 18.3 Å². The molecule has 1 aromatic rings. The summed E-state index contributed by atoms with van der Waals surface area (Å²) < 4.78 is 12.6. The van der Waals surface area contributed by atoms with E-state index >= 15 is 0 Å². The van der Waals surface area contributed by atoms with Gasteiger partial charge in [0, 0.05) is 6.04 Å². The number of aromatic nitrogens is 1. The summed E-state index contributed by atoms with van der Waals surface area (Å²) >= 11 is 0. The molecular formula is C12H19FN2O. The van der Waals surface area contributed by atoms with Crippen LogP contribution in [-0.2, 0) is 0 Å². The lowest BCUT2D eigenvalue weighted by molar-refractivity contribution is 0.158. The van der Waals surface area contributed by atoms with Gasteiger partial charge in [-0.25, -0.2) is 4.39 Å². The first-order valence-electron chi connectivity index (χ1n) is 5.66. The van der Waals surface area contributed by atoms with Crippen molar-refractivity contribution in [3.63, 3.8) is 0 Å². The van der Waals surface area contributed by atoms with Crippen LogP contribution in [0.4, 0.5) is 4.39 Å². The minimum atomic E-state index is -0.322. The van der Waals surface area contributed by atoms with Gasteiger partial charge in [-0.1, -0.05) is 6.92 Å².